The van der Waals surface area contributed by atoms with Crippen LogP contribution in [-0.2, 0) is 0 Å². The van der Waals surface area contributed by atoms with Crippen LogP contribution in [0.25, 0.3) is 32.9 Å². The van der Waals surface area contributed by atoms with Gasteiger partial charge in [0, 0.05) is 42.2 Å². The summed E-state index contributed by atoms with van der Waals surface area (Å²) < 4.78 is 58.0. The van der Waals surface area contributed by atoms with Crippen LogP contribution >= 0.6 is 0 Å². The minimum atomic E-state index is -0.823. The zero-order valence-electron chi connectivity index (χ0n) is 27.5. The van der Waals surface area contributed by atoms with Crippen molar-refractivity contribution in [2.75, 3.05) is 44.8 Å². The first-order chi connectivity index (χ1) is 23.7. The normalized spacial score (nSPS) is 25.8. The molecule has 0 radical (unpaired) electrons. The van der Waals surface area contributed by atoms with Crippen molar-refractivity contribution in [1.29, 1.82) is 0 Å². The van der Waals surface area contributed by atoms with Gasteiger partial charge < -0.3 is 24.8 Å². The number of aromatic hydroxyl groups is 1. The lowest BCUT2D eigenvalue weighted by atomic mass is 9.93. The number of anilines is 1. The predicted octanol–water partition coefficient (Wildman–Crippen LogP) is 6.01. The van der Waals surface area contributed by atoms with Crippen molar-refractivity contribution in [1.82, 2.24) is 25.2 Å². The molecule has 2 aromatic heterocycles. The van der Waals surface area contributed by atoms with E-state index >= 15 is 4.39 Å². The largest absolute Gasteiger partial charge is 0.508 e. The number of nitrogens with zero attached hydrogens (tertiary/aromatic N) is 5. The van der Waals surface area contributed by atoms with Crippen LogP contribution in [0, 0.1) is 24.0 Å². The molecule has 8 rings (SSSR count). The van der Waals surface area contributed by atoms with Crippen LogP contribution in [0.3, 0.4) is 0 Å². The number of piperazine rings is 1. The second-order valence-corrected chi connectivity index (χ2v) is 13.9. The van der Waals surface area contributed by atoms with E-state index in [9.17, 15) is 13.9 Å². The molecule has 2 N–H and O–H groups in total. The van der Waals surface area contributed by atoms with E-state index < -0.39 is 17.2 Å². The predicted molar refractivity (Wildman–Crippen MR) is 181 cm³/mol. The Bertz CT molecular complexity index is 2090. The molecular formula is C37H37F3N6O3. The maximum Gasteiger partial charge on any atom is 0.319 e. The molecule has 0 aliphatic carbocycles. The Morgan fingerprint density at radius 2 is 2.04 bits per heavy atom. The summed E-state index contributed by atoms with van der Waals surface area (Å²) in [7, 11) is 1.43. The second-order valence-electron chi connectivity index (χ2n) is 13.9. The number of ether oxygens (including phenoxy) is 2. The van der Waals surface area contributed by atoms with Gasteiger partial charge in [-0.25, -0.2) is 18.2 Å². The Hall–Kier alpha value is -4.60. The number of aromatic nitrogens is 3. The number of terminal acetylenes is 1. The highest BCUT2D eigenvalue weighted by Gasteiger charge is 2.48. The van der Waals surface area contributed by atoms with Crippen molar-refractivity contribution in [2.24, 2.45) is 0 Å². The number of pyridine rings is 1. The third-order valence-corrected chi connectivity index (χ3v) is 11.1. The summed E-state index contributed by atoms with van der Waals surface area (Å²) in [6.45, 7) is 5.00. The van der Waals surface area contributed by atoms with Gasteiger partial charge in [0.15, 0.2) is 5.82 Å². The molecule has 6 heterocycles. The topological polar surface area (TPSA) is 95.9 Å². The van der Waals surface area contributed by atoms with Crippen molar-refractivity contribution in [3.8, 4) is 41.2 Å². The number of phenolic OH excluding ortho intramolecular Hbond substituents is 1. The number of halogens is 3. The minimum absolute atomic E-state index is 0.0212. The van der Waals surface area contributed by atoms with Gasteiger partial charge >= 0.3 is 6.01 Å². The maximum atomic E-state index is 17.2. The van der Waals surface area contributed by atoms with Crippen LogP contribution < -0.4 is 19.7 Å². The van der Waals surface area contributed by atoms with E-state index in [4.69, 9.17) is 20.9 Å². The molecule has 0 saturated carbocycles. The molecule has 49 heavy (non-hydrogen) atoms. The van der Waals surface area contributed by atoms with E-state index in [1.165, 1.54) is 31.4 Å². The average Bonchev–Trinajstić information content (AvgIpc) is 3.76. The molecule has 4 aliphatic rings. The highest BCUT2D eigenvalue weighted by molar-refractivity contribution is 6.04. The number of rotatable bonds is 7. The number of methoxy groups -OCH3 is 1. The summed E-state index contributed by atoms with van der Waals surface area (Å²) in [5.41, 5.74) is -0.111. The monoisotopic (exact) mass is 670 g/mol. The van der Waals surface area contributed by atoms with Crippen LogP contribution in [0.5, 0.6) is 17.6 Å². The Labute approximate surface area is 282 Å². The fourth-order valence-corrected chi connectivity index (χ4v) is 8.66. The summed E-state index contributed by atoms with van der Waals surface area (Å²) in [5, 5.41) is 15.4. The standard InChI is InChI=1S/C37H37F3N6O3/c1-4-25-27(39)8-7-22-13-24(47)14-26(28(22)25)31-30(40)32-29(34(41-31)48-3)33(45-18-23-9-11-36(5-2,19-45)44-23)43-35(42-32)49-20-37-10-6-12-46(37)17-21(15-37)16-38/h1,7-8,13-14,16,23,44,47H,5-6,9-12,15,17-20H2,2-3H3/b21-16+/t23?,36?,37-/m0/s1. The summed E-state index contributed by atoms with van der Waals surface area (Å²) in [5.74, 6) is 1.22. The average molecular weight is 671 g/mol. The van der Waals surface area contributed by atoms with Gasteiger partial charge in [-0.15, -0.1) is 6.42 Å². The van der Waals surface area contributed by atoms with Crippen LogP contribution in [0.2, 0.25) is 0 Å². The van der Waals surface area contributed by atoms with Crippen molar-refractivity contribution in [3.05, 3.63) is 53.4 Å². The Morgan fingerprint density at radius 3 is 2.82 bits per heavy atom. The van der Waals surface area contributed by atoms with E-state index in [1.807, 2.05) is 0 Å². The third-order valence-electron chi connectivity index (χ3n) is 11.1. The number of hydrogen-bond donors (Lipinski definition) is 2. The molecule has 9 nitrogen and oxygen atoms in total. The van der Waals surface area contributed by atoms with Crippen LogP contribution in [0.15, 0.2) is 36.2 Å². The SMILES string of the molecule is C#Cc1c(F)ccc2cc(O)cc(-c3nc(OC)c4c(N5CC6CCC(CC)(C5)N6)nc(OC[C@@]56CCCN5C/C(=C/F)C6)nc4c3F)c12. The van der Waals surface area contributed by atoms with Crippen molar-refractivity contribution in [3.63, 3.8) is 0 Å². The molecule has 0 spiro atoms. The van der Waals surface area contributed by atoms with E-state index in [0.29, 0.717) is 43.6 Å². The van der Waals surface area contributed by atoms with Gasteiger partial charge in [0.05, 0.1) is 24.5 Å². The van der Waals surface area contributed by atoms with Gasteiger partial charge in [-0.05, 0) is 74.2 Å². The van der Waals surface area contributed by atoms with E-state index in [1.54, 1.807) is 0 Å². The zero-order valence-corrected chi connectivity index (χ0v) is 27.5. The third kappa shape index (κ3) is 5.05. The van der Waals surface area contributed by atoms with Gasteiger partial charge in [0.1, 0.15) is 40.6 Å². The van der Waals surface area contributed by atoms with Gasteiger partial charge in [-0.2, -0.15) is 9.97 Å². The molecule has 2 unspecified atom stereocenters. The fourth-order valence-electron chi connectivity index (χ4n) is 8.66. The smallest absolute Gasteiger partial charge is 0.319 e. The molecule has 2 bridgehead atoms. The lowest BCUT2D eigenvalue weighted by molar-refractivity contribution is 0.108. The summed E-state index contributed by atoms with van der Waals surface area (Å²) >= 11 is 0. The zero-order chi connectivity index (χ0) is 34.1. The number of nitrogens with one attached hydrogen (secondary N) is 1. The van der Waals surface area contributed by atoms with Crippen molar-refractivity contribution >= 4 is 27.5 Å². The first kappa shape index (κ1) is 31.7. The Balaban J connectivity index is 1.33. The molecular weight excluding hydrogens is 633 g/mol. The van der Waals surface area contributed by atoms with Crippen LogP contribution in [0.4, 0.5) is 19.0 Å². The number of benzene rings is 2. The number of hydrogen-bond acceptors (Lipinski definition) is 9. The molecule has 4 aromatic rings. The Kier molecular flexibility index (Phi) is 7.61. The molecule has 3 atom stereocenters. The van der Waals surface area contributed by atoms with E-state index in [-0.39, 0.29) is 68.9 Å². The highest BCUT2D eigenvalue weighted by atomic mass is 19.1. The molecule has 4 saturated heterocycles. The second kappa shape index (κ2) is 11.8. The summed E-state index contributed by atoms with van der Waals surface area (Å²) in [6.07, 6.45) is 11.7. The maximum absolute atomic E-state index is 17.2. The van der Waals surface area contributed by atoms with E-state index in [2.05, 4.69) is 37.9 Å². The molecule has 12 heteroatoms. The first-order valence-electron chi connectivity index (χ1n) is 16.8. The first-order valence-corrected chi connectivity index (χ1v) is 16.8. The van der Waals surface area contributed by atoms with Gasteiger partial charge in [-0.1, -0.05) is 18.9 Å². The van der Waals surface area contributed by atoms with E-state index in [0.717, 1.165) is 44.2 Å². The van der Waals surface area contributed by atoms with Gasteiger partial charge in [0.2, 0.25) is 5.88 Å². The summed E-state index contributed by atoms with van der Waals surface area (Å²) in [6, 6.07) is 5.62. The molecule has 0 amide bonds. The fraction of sp³-hybridized carbons (Fsp3) is 0.432. The summed E-state index contributed by atoms with van der Waals surface area (Å²) in [4.78, 5) is 18.5. The van der Waals surface area contributed by atoms with Crippen molar-refractivity contribution in [2.45, 2.75) is 62.6 Å². The molecule has 4 fully saturated rings. The quantitative estimate of drug-likeness (QED) is 0.229. The van der Waals surface area contributed by atoms with Crippen LogP contribution in [0.1, 0.15) is 51.0 Å². The van der Waals surface area contributed by atoms with Crippen LogP contribution in [-0.4, -0.2) is 82.0 Å². The Morgan fingerprint density at radius 1 is 1.18 bits per heavy atom. The molecule has 4 aliphatic heterocycles. The lowest BCUT2D eigenvalue weighted by Crippen LogP contribution is -2.59. The molecule has 2 aromatic carbocycles. The lowest BCUT2D eigenvalue weighted by Gasteiger charge is -2.42. The molecule has 254 valence electrons. The van der Waals surface area contributed by atoms with Gasteiger partial charge in [-0.3, -0.25) is 4.90 Å². The van der Waals surface area contributed by atoms with Crippen molar-refractivity contribution < 1.29 is 27.8 Å². The minimum Gasteiger partial charge on any atom is -0.508 e. The highest BCUT2D eigenvalue weighted by Crippen LogP contribution is 2.45. The van der Waals surface area contributed by atoms with Gasteiger partial charge in [0.25, 0.3) is 0 Å². The number of fused-ring (bicyclic) bond motifs is 5. The number of phenols is 1.